The molecule has 2 aromatic carbocycles. The maximum atomic E-state index is 14.2. The van der Waals surface area contributed by atoms with Crippen molar-refractivity contribution in [2.45, 2.75) is 17.9 Å². The Morgan fingerprint density at radius 3 is 2.74 bits per heavy atom. The highest BCUT2D eigenvalue weighted by Gasteiger charge is 2.55. The van der Waals surface area contributed by atoms with Crippen LogP contribution in [0.1, 0.15) is 23.6 Å². The third-order valence-electron chi connectivity index (χ3n) is 4.69. The zero-order valence-electron chi connectivity index (χ0n) is 12.1. The second-order valence-electron chi connectivity index (χ2n) is 5.77. The first-order valence-corrected chi connectivity index (χ1v) is 7.22. The van der Waals surface area contributed by atoms with Gasteiger partial charge in [-0.1, -0.05) is 18.2 Å². The van der Waals surface area contributed by atoms with E-state index in [1.807, 2.05) is 24.3 Å². The van der Waals surface area contributed by atoms with E-state index in [9.17, 15) is 13.6 Å². The summed E-state index contributed by atoms with van der Waals surface area (Å²) < 4.78 is 27.8. The largest absolute Gasteiger partial charge is 0.325 e. The van der Waals surface area contributed by atoms with Gasteiger partial charge in [0.15, 0.2) is 0 Å². The van der Waals surface area contributed by atoms with Crippen molar-refractivity contribution in [1.29, 1.82) is 0 Å². The van der Waals surface area contributed by atoms with Crippen molar-refractivity contribution >= 4 is 24.0 Å². The Bertz CT molecular complexity index is 783. The molecule has 1 fully saturated rings. The van der Waals surface area contributed by atoms with E-state index < -0.39 is 23.1 Å². The summed E-state index contributed by atoms with van der Waals surface area (Å²) >= 11 is 0. The van der Waals surface area contributed by atoms with Crippen molar-refractivity contribution in [3.8, 4) is 0 Å². The SMILES string of the molecule is Cl.O=C1Nc2ccccc2C12CCNC2c1cc(F)ccc1F. The predicted molar refractivity (Wildman–Crippen MR) is 85.7 cm³/mol. The third kappa shape index (κ3) is 2.15. The molecule has 2 atom stereocenters. The minimum atomic E-state index is -0.884. The molecule has 4 rings (SSSR count). The lowest BCUT2D eigenvalue weighted by Crippen LogP contribution is -2.40. The fourth-order valence-electron chi connectivity index (χ4n) is 3.72. The monoisotopic (exact) mass is 336 g/mol. The van der Waals surface area contributed by atoms with Crippen LogP contribution in [0.25, 0.3) is 0 Å². The van der Waals surface area contributed by atoms with Crippen molar-refractivity contribution in [2.24, 2.45) is 0 Å². The highest BCUT2D eigenvalue weighted by Crippen LogP contribution is 2.51. The summed E-state index contributed by atoms with van der Waals surface area (Å²) in [6.45, 7) is 0.572. The summed E-state index contributed by atoms with van der Waals surface area (Å²) in [5.41, 5.74) is 0.909. The summed E-state index contributed by atoms with van der Waals surface area (Å²) in [7, 11) is 0. The summed E-state index contributed by atoms with van der Waals surface area (Å²) in [5.74, 6) is -1.17. The topological polar surface area (TPSA) is 41.1 Å². The average molecular weight is 337 g/mol. The predicted octanol–water partition coefficient (Wildman–Crippen LogP) is 3.31. The Hall–Kier alpha value is -1.98. The molecule has 0 aromatic heterocycles. The van der Waals surface area contributed by atoms with Gasteiger partial charge < -0.3 is 10.6 Å². The van der Waals surface area contributed by atoms with Crippen LogP contribution in [0.3, 0.4) is 0 Å². The number of hydrogen-bond acceptors (Lipinski definition) is 2. The van der Waals surface area contributed by atoms with Crippen molar-refractivity contribution in [2.75, 3.05) is 11.9 Å². The van der Waals surface area contributed by atoms with Crippen LogP contribution >= 0.6 is 12.4 Å². The van der Waals surface area contributed by atoms with Crippen LogP contribution < -0.4 is 10.6 Å². The van der Waals surface area contributed by atoms with Crippen molar-refractivity contribution < 1.29 is 13.6 Å². The van der Waals surface area contributed by atoms with E-state index in [-0.39, 0.29) is 23.9 Å². The highest BCUT2D eigenvalue weighted by molar-refractivity contribution is 6.07. The fourth-order valence-corrected chi connectivity index (χ4v) is 3.72. The molecule has 6 heteroatoms. The highest BCUT2D eigenvalue weighted by atomic mass is 35.5. The van der Waals surface area contributed by atoms with Crippen LogP contribution in [0.5, 0.6) is 0 Å². The lowest BCUT2D eigenvalue weighted by Gasteiger charge is -2.29. The van der Waals surface area contributed by atoms with Crippen LogP contribution in [0, 0.1) is 11.6 Å². The molecule has 2 aliphatic heterocycles. The van der Waals surface area contributed by atoms with E-state index in [0.717, 1.165) is 23.4 Å². The van der Waals surface area contributed by atoms with Gasteiger partial charge in [-0.2, -0.15) is 0 Å². The van der Waals surface area contributed by atoms with E-state index in [1.54, 1.807) is 0 Å². The second kappa shape index (κ2) is 5.58. The maximum absolute atomic E-state index is 14.2. The second-order valence-corrected chi connectivity index (χ2v) is 5.77. The number of benzene rings is 2. The first kappa shape index (κ1) is 15.9. The molecule has 0 saturated carbocycles. The summed E-state index contributed by atoms with van der Waals surface area (Å²) in [6, 6.07) is 10.2. The molecular weight excluding hydrogens is 322 g/mol. The first-order valence-electron chi connectivity index (χ1n) is 7.22. The molecule has 1 amide bonds. The number of amides is 1. The molecule has 2 heterocycles. The number of rotatable bonds is 1. The number of halogens is 3. The number of carbonyl (C=O) groups excluding carboxylic acids is 1. The van der Waals surface area contributed by atoms with E-state index in [1.165, 1.54) is 6.07 Å². The number of nitrogens with one attached hydrogen (secondary N) is 2. The molecule has 3 nitrogen and oxygen atoms in total. The molecule has 23 heavy (non-hydrogen) atoms. The molecule has 2 aliphatic rings. The number of carbonyl (C=O) groups is 1. The molecule has 0 radical (unpaired) electrons. The third-order valence-corrected chi connectivity index (χ3v) is 4.69. The molecule has 1 spiro atoms. The number of fused-ring (bicyclic) bond motifs is 2. The van der Waals surface area contributed by atoms with Gasteiger partial charge in [0.25, 0.3) is 0 Å². The standard InChI is InChI=1S/C17H14F2N2O.ClH/c18-10-5-6-13(19)11(9-10)15-17(7-8-20-15)12-3-1-2-4-14(12)21-16(17)22;/h1-6,9,15,20H,7-8H2,(H,21,22);1H. The van der Waals surface area contributed by atoms with Gasteiger partial charge in [-0.25, -0.2) is 8.78 Å². The average Bonchev–Trinajstić information content (AvgIpc) is 3.06. The lowest BCUT2D eigenvalue weighted by molar-refractivity contribution is -0.121. The molecule has 2 N–H and O–H groups in total. The quantitative estimate of drug-likeness (QED) is 0.839. The van der Waals surface area contributed by atoms with Gasteiger partial charge >= 0.3 is 0 Å². The molecule has 0 aliphatic carbocycles. The maximum Gasteiger partial charge on any atom is 0.237 e. The van der Waals surface area contributed by atoms with Crippen LogP contribution in [0.15, 0.2) is 42.5 Å². The van der Waals surface area contributed by atoms with Crippen LogP contribution in [0.2, 0.25) is 0 Å². The first-order chi connectivity index (χ1) is 10.6. The van der Waals surface area contributed by atoms with Gasteiger partial charge in [-0.15, -0.1) is 12.4 Å². The number of anilines is 1. The lowest BCUT2D eigenvalue weighted by atomic mass is 9.73. The number of para-hydroxylation sites is 1. The fraction of sp³-hybridized carbons (Fsp3) is 0.235. The summed E-state index contributed by atoms with van der Waals surface area (Å²) in [6.07, 6.45) is 0.552. The zero-order valence-corrected chi connectivity index (χ0v) is 12.9. The Balaban J connectivity index is 0.00000156. The van der Waals surface area contributed by atoms with Gasteiger partial charge in [0.1, 0.15) is 11.6 Å². The molecule has 1 saturated heterocycles. The van der Waals surface area contributed by atoms with Gasteiger partial charge in [-0.05, 0) is 42.8 Å². The minimum absolute atomic E-state index is 0. The van der Waals surface area contributed by atoms with Crippen LogP contribution in [-0.2, 0) is 10.2 Å². The van der Waals surface area contributed by atoms with Crippen LogP contribution in [-0.4, -0.2) is 12.5 Å². The molecule has 0 bridgehead atoms. The molecule has 2 unspecified atom stereocenters. The van der Waals surface area contributed by atoms with Crippen LogP contribution in [0.4, 0.5) is 14.5 Å². The molecule has 120 valence electrons. The van der Waals surface area contributed by atoms with E-state index in [4.69, 9.17) is 0 Å². The van der Waals surface area contributed by atoms with Gasteiger partial charge in [-0.3, -0.25) is 4.79 Å². The summed E-state index contributed by atoms with van der Waals surface area (Å²) in [4.78, 5) is 12.7. The van der Waals surface area contributed by atoms with E-state index >= 15 is 0 Å². The van der Waals surface area contributed by atoms with E-state index in [2.05, 4.69) is 10.6 Å². The van der Waals surface area contributed by atoms with Crippen molar-refractivity contribution in [3.05, 3.63) is 65.2 Å². The summed E-state index contributed by atoms with van der Waals surface area (Å²) in [5, 5.41) is 6.05. The molecular formula is C17H15ClF2N2O. The van der Waals surface area contributed by atoms with Gasteiger partial charge in [0, 0.05) is 11.3 Å². The normalized spacial score (nSPS) is 25.1. The minimum Gasteiger partial charge on any atom is -0.325 e. The Labute approximate surface area is 138 Å². The Kier molecular flexibility index (Phi) is 3.86. The Morgan fingerprint density at radius 2 is 1.91 bits per heavy atom. The molecule has 2 aromatic rings. The smallest absolute Gasteiger partial charge is 0.237 e. The number of hydrogen-bond donors (Lipinski definition) is 2. The van der Waals surface area contributed by atoms with Crippen molar-refractivity contribution in [1.82, 2.24) is 5.32 Å². The Morgan fingerprint density at radius 1 is 1.13 bits per heavy atom. The zero-order chi connectivity index (χ0) is 15.3. The van der Waals surface area contributed by atoms with Gasteiger partial charge in [0.2, 0.25) is 5.91 Å². The van der Waals surface area contributed by atoms with Crippen molar-refractivity contribution in [3.63, 3.8) is 0 Å². The van der Waals surface area contributed by atoms with Gasteiger partial charge in [0.05, 0.1) is 11.5 Å². The van der Waals surface area contributed by atoms with E-state index in [0.29, 0.717) is 13.0 Å².